The summed E-state index contributed by atoms with van der Waals surface area (Å²) in [5, 5.41) is 166. The fraction of sp³-hybridized carbons (Fsp3) is 0.875. The Kier molecular flexibility index (Phi) is 29.1. The first-order valence-electron chi connectivity index (χ1n) is 27.3. The van der Waals surface area contributed by atoms with Gasteiger partial charge in [0.15, 0.2) is 25.2 Å². The Morgan fingerprint density at radius 1 is 0.452 bits per heavy atom. The third kappa shape index (κ3) is 19.5. The molecule has 0 bridgehead atoms. The minimum absolute atomic E-state index is 0.0138. The van der Waals surface area contributed by atoms with Gasteiger partial charge in [-0.3, -0.25) is 28.9 Å². The van der Waals surface area contributed by atoms with Crippen LogP contribution in [0.5, 0.6) is 0 Å². The summed E-state index contributed by atoms with van der Waals surface area (Å²) < 4.78 is 44.1. The van der Waals surface area contributed by atoms with Crippen LogP contribution < -0.4 is 5.32 Å². The van der Waals surface area contributed by atoms with Gasteiger partial charge in [-0.15, -0.1) is 5.06 Å². The SMILES string of the molecule is O=C(CN(CC(=O)N(CCO[C@H]1O[C@H](CO)[C@@H](O)[C@H](O)[C@@H]1O)CCO[C@H]1O[C@H](CO)[C@@H](O)[C@H](O)[C@@H]1O)CC(=O)N(CCO[C@H]1O[C@H](CO)[C@@H](O)[C@H](O)[C@@H]1O)CCO[C@@H]1O[C@@H](CO)[C@H](O)[C@@H](O)[C@H]1O)NCCCCCC(=O)ON1C(=O)CCC1=O. The number of aliphatic hydroxyl groups is 16. The normalized spacial score (nSPS) is 34.7. The molecule has 5 aliphatic heterocycles. The molecule has 5 aliphatic rings. The first kappa shape index (κ1) is 70.8. The second-order valence-corrected chi connectivity index (χ2v) is 20.4. The zero-order chi connectivity index (χ0) is 61.9. The van der Waals surface area contributed by atoms with E-state index in [9.17, 15) is 110 Å². The molecule has 36 heteroatoms. The van der Waals surface area contributed by atoms with Crippen LogP contribution in [0.1, 0.15) is 38.5 Å². The summed E-state index contributed by atoms with van der Waals surface area (Å²) in [6.07, 6.45) is -33.5. The molecule has 0 aliphatic carbocycles. The number of imide groups is 1. The van der Waals surface area contributed by atoms with E-state index in [-0.39, 0.29) is 38.6 Å². The van der Waals surface area contributed by atoms with Crippen molar-refractivity contribution in [2.75, 3.05) is 105 Å². The summed E-state index contributed by atoms with van der Waals surface area (Å²) in [4.78, 5) is 86.6. The number of hydrogen-bond donors (Lipinski definition) is 17. The van der Waals surface area contributed by atoms with Crippen LogP contribution in [0.25, 0.3) is 0 Å². The van der Waals surface area contributed by atoms with Gasteiger partial charge >= 0.3 is 5.97 Å². The summed E-state index contributed by atoms with van der Waals surface area (Å²) in [6, 6.07) is 0. The number of rotatable bonds is 33. The van der Waals surface area contributed by atoms with Gasteiger partial charge < -0.3 is 140 Å². The molecule has 84 heavy (non-hydrogen) atoms. The Morgan fingerprint density at radius 2 is 0.774 bits per heavy atom. The minimum atomic E-state index is -1.86. The number of aliphatic hydroxyl groups excluding tert-OH is 16. The van der Waals surface area contributed by atoms with Crippen molar-refractivity contribution in [1.82, 2.24) is 25.1 Å². The predicted octanol–water partition coefficient (Wildman–Crippen LogP) is -12.5. The molecule has 5 amide bonds. The molecule has 20 atom stereocenters. The summed E-state index contributed by atoms with van der Waals surface area (Å²) in [7, 11) is 0. The van der Waals surface area contributed by atoms with Crippen molar-refractivity contribution in [3.05, 3.63) is 0 Å². The highest BCUT2D eigenvalue weighted by Gasteiger charge is 2.48. The number of amides is 5. The second-order valence-electron chi connectivity index (χ2n) is 20.4. The molecule has 5 heterocycles. The van der Waals surface area contributed by atoms with Crippen molar-refractivity contribution in [3.8, 4) is 0 Å². The Labute approximate surface area is 479 Å². The van der Waals surface area contributed by atoms with Gasteiger partial charge in [-0.25, -0.2) is 4.79 Å². The lowest BCUT2D eigenvalue weighted by atomic mass is 9.99. The maximum absolute atomic E-state index is 14.5. The van der Waals surface area contributed by atoms with Gasteiger partial charge in [0.1, 0.15) is 97.7 Å². The highest BCUT2D eigenvalue weighted by Crippen LogP contribution is 2.26. The van der Waals surface area contributed by atoms with Crippen molar-refractivity contribution < 1.29 is 153 Å². The first-order chi connectivity index (χ1) is 40.0. The number of hydroxylamine groups is 2. The van der Waals surface area contributed by atoms with Crippen LogP contribution in [-0.2, 0) is 71.5 Å². The molecule has 0 unspecified atom stereocenters. The Bertz CT molecular complexity index is 1870. The van der Waals surface area contributed by atoms with Gasteiger partial charge in [-0.1, -0.05) is 6.42 Å². The van der Waals surface area contributed by atoms with E-state index in [0.29, 0.717) is 11.5 Å². The molecule has 5 fully saturated rings. The molecule has 17 N–H and O–H groups in total. The Morgan fingerprint density at radius 3 is 1.08 bits per heavy atom. The van der Waals surface area contributed by atoms with E-state index in [1.165, 1.54) is 0 Å². The minimum Gasteiger partial charge on any atom is -0.394 e. The maximum atomic E-state index is 14.5. The van der Waals surface area contributed by atoms with Crippen molar-refractivity contribution in [3.63, 3.8) is 0 Å². The molecular formula is C48H81N5O31. The van der Waals surface area contributed by atoms with Crippen LogP contribution in [0.15, 0.2) is 0 Å². The molecular weight excluding hydrogens is 1140 g/mol. The van der Waals surface area contributed by atoms with Crippen molar-refractivity contribution >= 4 is 35.5 Å². The van der Waals surface area contributed by atoms with Gasteiger partial charge in [0.05, 0.1) is 72.5 Å². The number of nitrogens with one attached hydrogen (secondary N) is 1. The van der Waals surface area contributed by atoms with E-state index in [2.05, 4.69) is 5.32 Å². The molecule has 0 aromatic rings. The highest BCUT2D eigenvalue weighted by molar-refractivity contribution is 6.01. The number of hydrogen-bond acceptors (Lipinski definition) is 32. The Hall–Kier alpha value is -3.98. The van der Waals surface area contributed by atoms with Gasteiger partial charge in [0.2, 0.25) is 17.7 Å². The average molecular weight is 1220 g/mol. The zero-order valence-electron chi connectivity index (χ0n) is 45.7. The highest BCUT2D eigenvalue weighted by atomic mass is 16.7. The van der Waals surface area contributed by atoms with Gasteiger partial charge in [0, 0.05) is 52.0 Å². The lowest BCUT2D eigenvalue weighted by Crippen LogP contribution is -2.59. The lowest BCUT2D eigenvalue weighted by molar-refractivity contribution is -0.303. The molecule has 0 aromatic carbocycles. The van der Waals surface area contributed by atoms with Crippen molar-refractivity contribution in [2.24, 2.45) is 0 Å². The molecule has 5 saturated heterocycles. The van der Waals surface area contributed by atoms with E-state index in [4.69, 9.17) is 42.7 Å². The van der Waals surface area contributed by atoms with E-state index in [0.717, 1.165) is 14.7 Å². The molecule has 0 aromatic heterocycles. The van der Waals surface area contributed by atoms with Crippen LogP contribution in [0.2, 0.25) is 0 Å². The fourth-order valence-corrected chi connectivity index (χ4v) is 9.27. The fourth-order valence-electron chi connectivity index (χ4n) is 9.27. The van der Waals surface area contributed by atoms with Gasteiger partial charge in [0.25, 0.3) is 11.8 Å². The molecule has 484 valence electrons. The van der Waals surface area contributed by atoms with Gasteiger partial charge in [-0.2, -0.15) is 0 Å². The topological polar surface area (TPSA) is 534 Å². The van der Waals surface area contributed by atoms with Crippen LogP contribution in [-0.4, -0.2) is 365 Å². The van der Waals surface area contributed by atoms with Crippen LogP contribution in [0, 0.1) is 0 Å². The molecule has 36 nitrogen and oxygen atoms in total. The van der Waals surface area contributed by atoms with E-state index < -0.39 is 257 Å². The summed E-state index contributed by atoms with van der Waals surface area (Å²) in [5.74, 6) is -4.66. The smallest absolute Gasteiger partial charge is 0.333 e. The Balaban J connectivity index is 1.34. The second kappa shape index (κ2) is 34.5. The van der Waals surface area contributed by atoms with E-state index >= 15 is 0 Å². The lowest BCUT2D eigenvalue weighted by Gasteiger charge is -2.40. The third-order valence-corrected chi connectivity index (χ3v) is 14.3. The maximum Gasteiger partial charge on any atom is 0.333 e. The van der Waals surface area contributed by atoms with Crippen molar-refractivity contribution in [2.45, 2.75) is 161 Å². The van der Waals surface area contributed by atoms with Crippen LogP contribution in [0.4, 0.5) is 0 Å². The average Bonchev–Trinajstić information content (AvgIpc) is 3.38. The van der Waals surface area contributed by atoms with Crippen LogP contribution in [0.3, 0.4) is 0 Å². The van der Waals surface area contributed by atoms with Crippen molar-refractivity contribution in [1.29, 1.82) is 0 Å². The number of carbonyl (C=O) groups is 6. The van der Waals surface area contributed by atoms with Gasteiger partial charge in [-0.05, 0) is 12.8 Å². The molecule has 5 rings (SSSR count). The third-order valence-electron chi connectivity index (χ3n) is 14.3. The molecule has 0 radical (unpaired) electrons. The summed E-state index contributed by atoms with van der Waals surface area (Å²) in [5.41, 5.74) is 0. The first-order valence-corrected chi connectivity index (χ1v) is 27.3. The summed E-state index contributed by atoms with van der Waals surface area (Å²) in [6.45, 7) is -9.31. The number of unbranched alkanes of at least 4 members (excludes halogenated alkanes) is 2. The van der Waals surface area contributed by atoms with E-state index in [1.54, 1.807) is 0 Å². The zero-order valence-corrected chi connectivity index (χ0v) is 45.7. The monoisotopic (exact) mass is 1220 g/mol. The van der Waals surface area contributed by atoms with Crippen LogP contribution >= 0.6 is 0 Å². The number of ether oxygens (including phenoxy) is 8. The quantitative estimate of drug-likeness (QED) is 0.0214. The number of nitrogens with zero attached hydrogens (tertiary/aromatic N) is 4. The number of carbonyl (C=O) groups excluding carboxylic acids is 6. The standard InChI is InChI=1S/C48H81N5O31/c54-19-23-33(64)37(68)41(72)45(80-23)76-12-8-51(9-13-77-46-42(73)38(69)34(65)24(20-55)81-46)30(61)17-50(16-27(58)49-7-3-1-2-4-32(63)84-53-28(59)5-6-29(53)60)18-31(62)52(10-14-78-47-43(74)39(70)35(66)25(21-56)82-47)11-15-79-48-44(75)40(71)36(67)26(22-57)83-48/h23-26,33-48,54-57,64-75H,1-22H2,(H,49,58)/t23-,24-,25-,26+,33-,34-,35-,36+,37+,38+,39+,40-,41+,42+,43+,44-,45+,46+,47+,48-/m1/s1. The predicted molar refractivity (Wildman–Crippen MR) is 267 cm³/mol. The van der Waals surface area contributed by atoms with E-state index in [1.807, 2.05) is 0 Å². The summed E-state index contributed by atoms with van der Waals surface area (Å²) >= 11 is 0. The molecule has 0 saturated carbocycles. The largest absolute Gasteiger partial charge is 0.394 e. The molecule has 0 spiro atoms.